The molecule has 2 aromatic carbocycles. The molecule has 0 saturated heterocycles. The molecule has 0 bridgehead atoms. The second-order valence-corrected chi connectivity index (χ2v) is 10.6. The van der Waals surface area contributed by atoms with Crippen molar-refractivity contribution in [3.05, 3.63) is 84.1 Å². The molecule has 2 aromatic heterocycles. The number of aromatic nitrogens is 2. The molecule has 3 heterocycles. The minimum atomic E-state index is -3.36. The molecule has 0 fully saturated rings. The standard InChI is InChI=1S/C25H24N4O5S/c1-33-18-11-9-17(10-12-18)20-14-22(23-8-5-13-34-23)29(27-20)25(30)15-28-21-7-4-3-6-19(21)26-24(28)16-35(2,31)32/h3-13,22H,14-16H2,1-2H3/t22-/m1/s1. The number of benzene rings is 2. The molecule has 0 unspecified atom stereocenters. The van der Waals surface area contributed by atoms with Gasteiger partial charge in [0.2, 0.25) is 0 Å². The van der Waals surface area contributed by atoms with E-state index in [2.05, 4.69) is 10.1 Å². The fourth-order valence-electron chi connectivity index (χ4n) is 4.25. The number of fused-ring (bicyclic) bond motifs is 1. The Kier molecular flexibility index (Phi) is 5.89. The van der Waals surface area contributed by atoms with Crippen molar-refractivity contribution < 1.29 is 22.4 Å². The number of nitrogens with zero attached hydrogens (tertiary/aromatic N) is 4. The molecular weight excluding hydrogens is 468 g/mol. The van der Waals surface area contributed by atoms with Crippen LogP contribution < -0.4 is 4.74 Å². The highest BCUT2D eigenvalue weighted by Crippen LogP contribution is 2.34. The number of carbonyl (C=O) groups excluding carboxylic acids is 1. The van der Waals surface area contributed by atoms with E-state index in [-0.39, 0.29) is 18.2 Å². The Bertz CT molecular complexity index is 1510. The Morgan fingerprint density at radius 3 is 2.57 bits per heavy atom. The lowest BCUT2D eigenvalue weighted by Gasteiger charge is -2.20. The molecule has 1 aliphatic heterocycles. The molecule has 0 saturated carbocycles. The van der Waals surface area contributed by atoms with Gasteiger partial charge in [-0.05, 0) is 54.1 Å². The molecular formula is C25H24N4O5S. The first-order valence-electron chi connectivity index (χ1n) is 11.0. The van der Waals surface area contributed by atoms with E-state index in [9.17, 15) is 13.2 Å². The van der Waals surface area contributed by atoms with Crippen molar-refractivity contribution in [2.24, 2.45) is 5.10 Å². The van der Waals surface area contributed by atoms with Crippen molar-refractivity contribution in [2.45, 2.75) is 24.8 Å². The molecule has 0 aliphatic carbocycles. The van der Waals surface area contributed by atoms with Gasteiger partial charge in [0.1, 0.15) is 35.7 Å². The minimum Gasteiger partial charge on any atom is -0.497 e. The molecule has 1 aliphatic rings. The number of sulfone groups is 1. The average molecular weight is 493 g/mol. The number of imidazole rings is 1. The lowest BCUT2D eigenvalue weighted by atomic mass is 10.0. The Labute approximate surface area is 202 Å². The maximum absolute atomic E-state index is 13.6. The topological polar surface area (TPSA) is 107 Å². The number of amides is 1. The van der Waals surface area contributed by atoms with Crippen LogP contribution in [0.3, 0.4) is 0 Å². The van der Waals surface area contributed by atoms with E-state index in [0.717, 1.165) is 23.3 Å². The van der Waals surface area contributed by atoms with Crippen molar-refractivity contribution in [1.29, 1.82) is 0 Å². The smallest absolute Gasteiger partial charge is 0.263 e. The Morgan fingerprint density at radius 1 is 1.11 bits per heavy atom. The van der Waals surface area contributed by atoms with Crippen LogP contribution in [0.5, 0.6) is 5.75 Å². The first kappa shape index (κ1) is 22.9. The monoisotopic (exact) mass is 492 g/mol. The summed E-state index contributed by atoms with van der Waals surface area (Å²) in [5.41, 5.74) is 2.94. The summed E-state index contributed by atoms with van der Waals surface area (Å²) in [6.07, 6.45) is 3.20. The van der Waals surface area contributed by atoms with Crippen LogP contribution in [0.15, 0.2) is 76.4 Å². The number of para-hydroxylation sites is 2. The number of hydrogen-bond acceptors (Lipinski definition) is 7. The third-order valence-corrected chi connectivity index (χ3v) is 6.66. The van der Waals surface area contributed by atoms with E-state index in [1.807, 2.05) is 48.5 Å². The summed E-state index contributed by atoms with van der Waals surface area (Å²) < 4.78 is 36.6. The van der Waals surface area contributed by atoms with Crippen LogP contribution in [0.2, 0.25) is 0 Å². The third kappa shape index (κ3) is 4.69. The summed E-state index contributed by atoms with van der Waals surface area (Å²) in [5.74, 6) is 1.10. The second kappa shape index (κ2) is 9.03. The summed E-state index contributed by atoms with van der Waals surface area (Å²) in [5, 5.41) is 6.09. The van der Waals surface area contributed by atoms with Crippen molar-refractivity contribution in [2.75, 3.05) is 13.4 Å². The first-order valence-corrected chi connectivity index (χ1v) is 13.1. The Hall–Kier alpha value is -3.92. The maximum atomic E-state index is 13.6. The zero-order valence-electron chi connectivity index (χ0n) is 19.3. The summed E-state index contributed by atoms with van der Waals surface area (Å²) in [6.45, 7) is -0.109. The number of hydrogen-bond donors (Lipinski definition) is 0. The van der Waals surface area contributed by atoms with Gasteiger partial charge in [-0.15, -0.1) is 0 Å². The molecule has 35 heavy (non-hydrogen) atoms. The molecule has 10 heteroatoms. The van der Waals surface area contributed by atoms with Gasteiger partial charge in [-0.2, -0.15) is 5.10 Å². The van der Waals surface area contributed by atoms with Gasteiger partial charge in [0.05, 0.1) is 30.1 Å². The van der Waals surface area contributed by atoms with E-state index >= 15 is 0 Å². The molecule has 0 N–H and O–H groups in total. The maximum Gasteiger partial charge on any atom is 0.263 e. The predicted octanol–water partition coefficient (Wildman–Crippen LogP) is 3.56. The molecule has 180 valence electrons. The fourth-order valence-corrected chi connectivity index (χ4v) is 4.94. The third-order valence-electron chi connectivity index (χ3n) is 5.88. The zero-order valence-corrected chi connectivity index (χ0v) is 20.1. The van der Waals surface area contributed by atoms with Crippen LogP contribution >= 0.6 is 0 Å². The molecule has 0 spiro atoms. The van der Waals surface area contributed by atoms with Crippen LogP contribution in [0.1, 0.15) is 29.6 Å². The summed E-state index contributed by atoms with van der Waals surface area (Å²) in [7, 11) is -1.76. The number of ether oxygens (including phenoxy) is 1. The predicted molar refractivity (Wildman–Crippen MR) is 131 cm³/mol. The second-order valence-electron chi connectivity index (χ2n) is 8.42. The molecule has 5 rings (SSSR count). The highest BCUT2D eigenvalue weighted by molar-refractivity contribution is 7.89. The molecule has 0 radical (unpaired) electrons. The SMILES string of the molecule is COc1ccc(C2=NN(C(=O)Cn3c(CS(C)(=O)=O)nc4ccccc43)[C@@H](c3ccco3)C2)cc1. The number of carbonyl (C=O) groups is 1. The van der Waals surface area contributed by atoms with Crippen LogP contribution in [-0.2, 0) is 26.9 Å². The summed E-state index contributed by atoms with van der Waals surface area (Å²) in [6, 6.07) is 17.9. The zero-order chi connectivity index (χ0) is 24.6. The quantitative estimate of drug-likeness (QED) is 0.390. The lowest BCUT2D eigenvalue weighted by molar-refractivity contribution is -0.134. The molecule has 1 amide bonds. The molecule has 4 aromatic rings. The Balaban J connectivity index is 1.50. The van der Waals surface area contributed by atoms with Gasteiger partial charge in [-0.3, -0.25) is 4.79 Å². The van der Waals surface area contributed by atoms with Crippen LogP contribution in [0, 0.1) is 0 Å². The number of methoxy groups -OCH3 is 1. The van der Waals surface area contributed by atoms with E-state index in [4.69, 9.17) is 9.15 Å². The first-order chi connectivity index (χ1) is 16.8. The van der Waals surface area contributed by atoms with Gasteiger partial charge in [0.25, 0.3) is 5.91 Å². The van der Waals surface area contributed by atoms with E-state index in [1.54, 1.807) is 30.1 Å². The molecule has 9 nitrogen and oxygen atoms in total. The number of rotatable bonds is 7. The summed E-state index contributed by atoms with van der Waals surface area (Å²) in [4.78, 5) is 18.1. The minimum absolute atomic E-state index is 0.109. The van der Waals surface area contributed by atoms with Gasteiger partial charge in [-0.1, -0.05) is 12.1 Å². The average Bonchev–Trinajstić information content (AvgIpc) is 3.57. The van der Waals surface area contributed by atoms with Crippen molar-refractivity contribution in [3.63, 3.8) is 0 Å². The van der Waals surface area contributed by atoms with Gasteiger partial charge in [-0.25, -0.2) is 18.4 Å². The summed E-state index contributed by atoms with van der Waals surface area (Å²) >= 11 is 0. The van der Waals surface area contributed by atoms with Crippen molar-refractivity contribution in [1.82, 2.24) is 14.6 Å². The van der Waals surface area contributed by atoms with Crippen LogP contribution in [-0.4, -0.2) is 48.0 Å². The van der Waals surface area contributed by atoms with E-state index < -0.39 is 15.9 Å². The highest BCUT2D eigenvalue weighted by atomic mass is 32.2. The van der Waals surface area contributed by atoms with E-state index in [1.165, 1.54) is 5.01 Å². The lowest BCUT2D eigenvalue weighted by Crippen LogP contribution is -2.31. The largest absolute Gasteiger partial charge is 0.497 e. The van der Waals surface area contributed by atoms with Gasteiger partial charge < -0.3 is 13.7 Å². The normalized spacial score (nSPS) is 16.0. The van der Waals surface area contributed by atoms with Crippen LogP contribution in [0.4, 0.5) is 0 Å². The van der Waals surface area contributed by atoms with Gasteiger partial charge in [0, 0.05) is 12.7 Å². The Morgan fingerprint density at radius 2 is 1.89 bits per heavy atom. The van der Waals surface area contributed by atoms with Crippen molar-refractivity contribution in [3.8, 4) is 5.75 Å². The fraction of sp³-hybridized carbons (Fsp3) is 0.240. The van der Waals surface area contributed by atoms with Gasteiger partial charge in [0.15, 0.2) is 9.84 Å². The number of hydrazone groups is 1. The number of furan rings is 1. The van der Waals surface area contributed by atoms with Crippen LogP contribution in [0.25, 0.3) is 11.0 Å². The molecule has 1 atom stereocenters. The van der Waals surface area contributed by atoms with E-state index in [0.29, 0.717) is 29.0 Å². The van der Waals surface area contributed by atoms with Gasteiger partial charge >= 0.3 is 0 Å². The highest BCUT2D eigenvalue weighted by Gasteiger charge is 2.35. The van der Waals surface area contributed by atoms with Crippen molar-refractivity contribution >= 4 is 32.5 Å².